The Morgan fingerprint density at radius 1 is 1.33 bits per heavy atom. The van der Waals surface area contributed by atoms with E-state index in [-0.39, 0.29) is 25.2 Å². The Morgan fingerprint density at radius 3 is 2.97 bits per heavy atom. The van der Waals surface area contributed by atoms with Crippen LogP contribution in [0.2, 0.25) is 0 Å². The van der Waals surface area contributed by atoms with Crippen molar-refractivity contribution < 1.29 is 15.3 Å². The van der Waals surface area contributed by atoms with Crippen LogP contribution in [0.5, 0.6) is 0 Å². The van der Waals surface area contributed by atoms with Gasteiger partial charge in [-0.25, -0.2) is 19.2 Å². The Bertz CT molecular complexity index is 1140. The molecule has 2 atom stereocenters. The lowest BCUT2D eigenvalue weighted by Gasteiger charge is -2.42. The van der Waals surface area contributed by atoms with Crippen LogP contribution in [-0.2, 0) is 4.74 Å². The topological polar surface area (TPSA) is 87.2 Å². The number of fused-ring (bicyclic) bond motifs is 2. The summed E-state index contributed by atoms with van der Waals surface area (Å²) in [7, 11) is 0. The van der Waals surface area contributed by atoms with E-state index >= 15 is 0 Å². The summed E-state index contributed by atoms with van der Waals surface area (Å²) in [6.07, 6.45) is 1.38. The maximum Gasteiger partial charge on any atom is 0.410 e. The quantitative estimate of drug-likeness (QED) is 0.709. The average Bonchev–Trinajstić information content (AvgIpc) is 3.28. The summed E-state index contributed by atoms with van der Waals surface area (Å²) in [6, 6.07) is 6.63. The number of hydrogen-bond donors (Lipinski definition) is 1. The van der Waals surface area contributed by atoms with Crippen molar-refractivity contribution in [3.63, 3.8) is 0 Å². The summed E-state index contributed by atoms with van der Waals surface area (Å²) in [5.74, 6) is 0.387. The van der Waals surface area contributed by atoms with Crippen molar-refractivity contribution in [2.45, 2.75) is 32.4 Å². The molecule has 2 saturated heterocycles. The summed E-state index contributed by atoms with van der Waals surface area (Å²) in [5, 5.41) is 7.73. The van der Waals surface area contributed by atoms with E-state index in [9.17, 15) is 9.18 Å². The standard InChI is InChI=1S/C21H23FN6O2.H2/c1-12(2)21(3)15-11-27(9-10-28(15)20(29)30-21)16-7-6-14(22)18(24-16)17-13-5-4-8-23-19(13)26-25-17;/h4-8,12,15H,9-11H2,1-3H3,(H,23,25,26);1H. The molecule has 3 aromatic heterocycles. The number of hydrogen-bond acceptors (Lipinski definition) is 6. The molecule has 0 aromatic carbocycles. The highest BCUT2D eigenvalue weighted by molar-refractivity contribution is 5.89. The van der Waals surface area contributed by atoms with Gasteiger partial charge in [-0.15, -0.1) is 0 Å². The molecule has 0 spiro atoms. The molecule has 2 fully saturated rings. The second-order valence-corrected chi connectivity index (χ2v) is 8.33. The van der Waals surface area contributed by atoms with Gasteiger partial charge in [0.25, 0.3) is 0 Å². The van der Waals surface area contributed by atoms with Gasteiger partial charge >= 0.3 is 6.09 Å². The van der Waals surface area contributed by atoms with Crippen molar-refractivity contribution in [3.05, 3.63) is 36.3 Å². The van der Waals surface area contributed by atoms with Crippen molar-refractivity contribution >= 4 is 22.9 Å². The highest BCUT2D eigenvalue weighted by Crippen LogP contribution is 2.38. The summed E-state index contributed by atoms with van der Waals surface area (Å²) in [6.45, 7) is 7.81. The zero-order valence-corrected chi connectivity index (χ0v) is 17.1. The first kappa shape index (κ1) is 18.8. The molecule has 9 heteroatoms. The van der Waals surface area contributed by atoms with Gasteiger partial charge in [0.1, 0.15) is 17.1 Å². The fraction of sp³-hybridized carbons (Fsp3) is 0.429. The molecule has 0 radical (unpaired) electrons. The van der Waals surface area contributed by atoms with Gasteiger partial charge in [0, 0.05) is 32.6 Å². The number of ether oxygens (including phenoxy) is 1. The molecule has 0 bridgehead atoms. The molecule has 2 unspecified atom stereocenters. The number of carbonyl (C=O) groups is 1. The van der Waals surface area contributed by atoms with E-state index in [4.69, 9.17) is 4.74 Å². The van der Waals surface area contributed by atoms with Gasteiger partial charge in [0.05, 0.1) is 11.7 Å². The molecular formula is C21H25FN6O2. The first-order valence-electron chi connectivity index (χ1n) is 10.1. The normalized spacial score (nSPS) is 23.9. The molecule has 8 nitrogen and oxygen atoms in total. The number of pyridine rings is 2. The van der Waals surface area contributed by atoms with Crippen molar-refractivity contribution in [3.8, 4) is 11.4 Å². The molecule has 5 heterocycles. The molecule has 2 aliphatic heterocycles. The zero-order chi connectivity index (χ0) is 21.0. The number of piperazine rings is 1. The summed E-state index contributed by atoms with van der Waals surface area (Å²) in [4.78, 5) is 25.1. The Balaban J connectivity index is 0.00000231. The molecule has 0 aliphatic carbocycles. The fourth-order valence-electron chi connectivity index (χ4n) is 4.33. The number of anilines is 1. The Labute approximate surface area is 174 Å². The molecule has 5 rings (SSSR count). The number of rotatable bonds is 3. The van der Waals surface area contributed by atoms with Crippen molar-refractivity contribution in [1.29, 1.82) is 0 Å². The average molecular weight is 412 g/mol. The number of H-pyrrole nitrogens is 1. The van der Waals surface area contributed by atoms with Crippen LogP contribution < -0.4 is 4.90 Å². The van der Waals surface area contributed by atoms with Crippen LogP contribution in [0.4, 0.5) is 15.0 Å². The lowest BCUT2D eigenvalue weighted by Crippen LogP contribution is -2.58. The first-order chi connectivity index (χ1) is 14.4. The van der Waals surface area contributed by atoms with E-state index in [1.165, 1.54) is 6.07 Å². The highest BCUT2D eigenvalue weighted by Gasteiger charge is 2.54. The molecule has 2 aliphatic rings. The number of amides is 1. The number of carbonyl (C=O) groups excluding carboxylic acids is 1. The SMILES string of the molecule is CC(C)C1(C)OC(=O)N2CCN(c3ccc(F)c(-c4[nH]nc5ncccc45)n3)CC21.[HH]. The second-order valence-electron chi connectivity index (χ2n) is 8.33. The molecule has 1 N–H and O–H groups in total. The smallest absolute Gasteiger partial charge is 0.410 e. The Morgan fingerprint density at radius 2 is 2.17 bits per heavy atom. The minimum Gasteiger partial charge on any atom is -0.441 e. The number of nitrogens with zero attached hydrogens (tertiary/aromatic N) is 5. The number of cyclic esters (lactones) is 1. The zero-order valence-electron chi connectivity index (χ0n) is 17.1. The van der Waals surface area contributed by atoms with Gasteiger partial charge in [0.2, 0.25) is 0 Å². The molecule has 1 amide bonds. The van der Waals surface area contributed by atoms with Crippen molar-refractivity contribution in [1.82, 2.24) is 25.1 Å². The maximum atomic E-state index is 14.7. The van der Waals surface area contributed by atoms with Gasteiger partial charge in [0.15, 0.2) is 11.5 Å². The predicted octanol–water partition coefficient (Wildman–Crippen LogP) is 3.46. The third kappa shape index (κ3) is 2.72. The van der Waals surface area contributed by atoms with Crippen LogP contribution in [0, 0.1) is 11.7 Å². The third-order valence-electron chi connectivity index (χ3n) is 6.45. The highest BCUT2D eigenvalue weighted by atomic mass is 19.1. The van der Waals surface area contributed by atoms with Gasteiger partial charge in [-0.1, -0.05) is 13.8 Å². The summed E-state index contributed by atoms with van der Waals surface area (Å²) < 4.78 is 20.5. The summed E-state index contributed by atoms with van der Waals surface area (Å²) >= 11 is 0. The first-order valence-corrected chi connectivity index (χ1v) is 10.1. The monoisotopic (exact) mass is 412 g/mol. The van der Waals surface area contributed by atoms with Crippen LogP contribution in [0.15, 0.2) is 30.5 Å². The largest absolute Gasteiger partial charge is 0.441 e. The molecule has 158 valence electrons. The van der Waals surface area contributed by atoms with E-state index in [1.807, 2.05) is 13.0 Å². The Kier molecular flexibility index (Phi) is 4.16. The molecule has 30 heavy (non-hydrogen) atoms. The predicted molar refractivity (Wildman–Crippen MR) is 112 cm³/mol. The second kappa shape index (κ2) is 6.65. The van der Waals surface area contributed by atoms with E-state index < -0.39 is 11.4 Å². The number of aromatic amines is 1. The van der Waals surface area contributed by atoms with Crippen molar-refractivity contribution in [2.24, 2.45) is 5.92 Å². The van der Waals surface area contributed by atoms with Gasteiger partial charge < -0.3 is 9.64 Å². The molecule has 0 saturated carbocycles. The fourth-order valence-corrected chi connectivity index (χ4v) is 4.33. The van der Waals surface area contributed by atoms with E-state index in [2.05, 4.69) is 38.9 Å². The van der Waals surface area contributed by atoms with Gasteiger partial charge in [-0.05, 0) is 37.1 Å². The van der Waals surface area contributed by atoms with E-state index in [1.54, 1.807) is 23.2 Å². The van der Waals surface area contributed by atoms with Crippen LogP contribution in [0.3, 0.4) is 0 Å². The minimum atomic E-state index is -0.580. The lowest BCUT2D eigenvalue weighted by molar-refractivity contribution is 0.0103. The number of halogens is 1. The number of aromatic nitrogens is 4. The van der Waals surface area contributed by atoms with E-state index in [0.717, 1.165) is 0 Å². The third-order valence-corrected chi connectivity index (χ3v) is 6.45. The lowest BCUT2D eigenvalue weighted by atomic mass is 9.84. The minimum absolute atomic E-state index is 0. The van der Waals surface area contributed by atoms with Crippen molar-refractivity contribution in [2.75, 3.05) is 24.5 Å². The maximum absolute atomic E-state index is 14.7. The van der Waals surface area contributed by atoms with Crippen LogP contribution in [0.1, 0.15) is 22.2 Å². The number of nitrogens with one attached hydrogen (secondary N) is 1. The van der Waals surface area contributed by atoms with Crippen LogP contribution in [0.25, 0.3) is 22.4 Å². The summed E-state index contributed by atoms with van der Waals surface area (Å²) in [5.41, 5.74) is 0.643. The van der Waals surface area contributed by atoms with Gasteiger partial charge in [-0.2, -0.15) is 5.10 Å². The Hall–Kier alpha value is -3.23. The van der Waals surface area contributed by atoms with Crippen LogP contribution >= 0.6 is 0 Å². The molecular weight excluding hydrogens is 387 g/mol. The molecule has 3 aromatic rings. The van der Waals surface area contributed by atoms with E-state index in [0.29, 0.717) is 42.2 Å². The van der Waals surface area contributed by atoms with Gasteiger partial charge in [-0.3, -0.25) is 10.00 Å². The van der Waals surface area contributed by atoms with Crippen LogP contribution in [-0.4, -0.2) is 62.4 Å².